The number of hydrogen-bond acceptors (Lipinski definition) is 6. The van der Waals surface area contributed by atoms with E-state index in [1.165, 1.54) is 10.6 Å². The van der Waals surface area contributed by atoms with E-state index in [0.29, 0.717) is 45.8 Å². The van der Waals surface area contributed by atoms with Crippen LogP contribution in [0.2, 0.25) is 0 Å². The summed E-state index contributed by atoms with van der Waals surface area (Å²) in [6, 6.07) is 7.65. The Morgan fingerprint density at radius 2 is 2.04 bits per heavy atom. The number of rotatable bonds is 7. The van der Waals surface area contributed by atoms with Crippen molar-refractivity contribution < 1.29 is 22.7 Å². The number of fused-ring (bicyclic) bond motifs is 3. The van der Waals surface area contributed by atoms with E-state index < -0.39 is 10.0 Å². The number of ether oxygens (including phenoxy) is 2. The first kappa shape index (κ1) is 21.0. The molecule has 0 unspecified atom stereocenters. The third kappa shape index (κ3) is 5.44. The normalized spacial score (nSPS) is 23.8. The van der Waals surface area contributed by atoms with Gasteiger partial charge < -0.3 is 14.8 Å². The van der Waals surface area contributed by atoms with E-state index >= 15 is 0 Å². The van der Waals surface area contributed by atoms with Gasteiger partial charge in [-0.25, -0.2) is 12.7 Å². The van der Waals surface area contributed by atoms with Crippen molar-refractivity contribution in [2.75, 3.05) is 59.3 Å². The molecule has 2 fully saturated rings. The lowest BCUT2D eigenvalue weighted by molar-refractivity contribution is -0.122. The Bertz CT molecular complexity index is 786. The molecular weight excluding hydrogens is 382 g/mol. The van der Waals surface area contributed by atoms with E-state index in [1.807, 2.05) is 24.3 Å². The number of benzene rings is 1. The van der Waals surface area contributed by atoms with E-state index in [0.717, 1.165) is 11.3 Å². The fourth-order valence-electron chi connectivity index (χ4n) is 3.84. The number of nitrogens with zero attached hydrogens (tertiary/aromatic N) is 2. The fourth-order valence-corrected chi connectivity index (χ4v) is 4.76. The van der Waals surface area contributed by atoms with Crippen LogP contribution in [0, 0.1) is 5.92 Å². The molecule has 9 heteroatoms. The molecule has 0 radical (unpaired) electrons. The van der Waals surface area contributed by atoms with E-state index in [-0.39, 0.29) is 24.4 Å². The maximum absolute atomic E-state index is 12.5. The molecule has 1 N–H and O–H groups in total. The second-order valence-corrected chi connectivity index (χ2v) is 9.46. The van der Waals surface area contributed by atoms with Crippen LogP contribution >= 0.6 is 0 Å². The van der Waals surface area contributed by atoms with Gasteiger partial charge in [0.05, 0.1) is 33.1 Å². The van der Waals surface area contributed by atoms with Gasteiger partial charge in [-0.1, -0.05) is 18.2 Å². The number of methoxy groups -OCH3 is 1. The maximum Gasteiger partial charge on any atom is 0.234 e. The van der Waals surface area contributed by atoms with Crippen molar-refractivity contribution in [3.05, 3.63) is 29.8 Å². The molecule has 0 saturated carbocycles. The smallest absolute Gasteiger partial charge is 0.234 e. The number of amides is 1. The van der Waals surface area contributed by atoms with E-state index in [1.54, 1.807) is 7.11 Å². The van der Waals surface area contributed by atoms with Crippen molar-refractivity contribution in [2.24, 2.45) is 5.92 Å². The van der Waals surface area contributed by atoms with Crippen LogP contribution in [0.4, 0.5) is 0 Å². The first-order chi connectivity index (χ1) is 13.4. The molecule has 2 saturated heterocycles. The molecule has 2 bridgehead atoms. The third-order valence-electron chi connectivity index (χ3n) is 5.27. The fraction of sp³-hybridized carbons (Fsp3) is 0.632. The zero-order valence-corrected chi connectivity index (χ0v) is 17.3. The molecule has 2 heterocycles. The van der Waals surface area contributed by atoms with E-state index in [9.17, 15) is 13.2 Å². The molecule has 8 nitrogen and oxygen atoms in total. The largest absolute Gasteiger partial charge is 0.496 e. The first-order valence-corrected chi connectivity index (χ1v) is 11.4. The average Bonchev–Trinajstić information content (AvgIpc) is 2.91. The minimum Gasteiger partial charge on any atom is -0.496 e. The molecule has 156 valence electrons. The Labute approximate surface area is 166 Å². The zero-order valence-electron chi connectivity index (χ0n) is 16.5. The highest BCUT2D eigenvalue weighted by Gasteiger charge is 2.36. The molecule has 3 rings (SSSR count). The second kappa shape index (κ2) is 9.21. The van der Waals surface area contributed by atoms with Gasteiger partial charge in [-0.05, 0) is 18.1 Å². The number of para-hydroxylation sites is 1. The molecule has 1 amide bonds. The molecular formula is C19H29N3O5S. The van der Waals surface area contributed by atoms with Crippen LogP contribution in [-0.2, 0) is 26.0 Å². The van der Waals surface area contributed by atoms with Crippen LogP contribution in [-0.4, -0.2) is 88.9 Å². The summed E-state index contributed by atoms with van der Waals surface area (Å²) in [5.41, 5.74) is 1.05. The molecule has 1 aromatic rings. The van der Waals surface area contributed by atoms with Crippen molar-refractivity contribution >= 4 is 15.9 Å². The summed E-state index contributed by atoms with van der Waals surface area (Å²) >= 11 is 0. The number of hydrogen-bond donors (Lipinski definition) is 1. The highest BCUT2D eigenvalue weighted by molar-refractivity contribution is 7.88. The van der Waals surface area contributed by atoms with Gasteiger partial charge in [0.15, 0.2) is 0 Å². The molecule has 0 spiro atoms. The molecule has 1 aromatic carbocycles. The predicted molar refractivity (Wildman–Crippen MR) is 106 cm³/mol. The lowest BCUT2D eigenvalue weighted by atomic mass is 10.1. The van der Waals surface area contributed by atoms with Gasteiger partial charge in [0.25, 0.3) is 0 Å². The van der Waals surface area contributed by atoms with Gasteiger partial charge in [0, 0.05) is 38.1 Å². The van der Waals surface area contributed by atoms with Gasteiger partial charge >= 0.3 is 0 Å². The number of sulfonamides is 1. The van der Waals surface area contributed by atoms with Crippen molar-refractivity contribution in [2.45, 2.75) is 12.5 Å². The average molecular weight is 412 g/mol. The monoisotopic (exact) mass is 411 g/mol. The summed E-state index contributed by atoms with van der Waals surface area (Å²) in [6.07, 6.45) is 1.93. The van der Waals surface area contributed by atoms with Crippen LogP contribution in [0.5, 0.6) is 5.75 Å². The van der Waals surface area contributed by atoms with Crippen LogP contribution in [0.25, 0.3) is 0 Å². The molecule has 2 aliphatic heterocycles. The van der Waals surface area contributed by atoms with Crippen LogP contribution < -0.4 is 10.1 Å². The summed E-state index contributed by atoms with van der Waals surface area (Å²) < 4.78 is 36.6. The Morgan fingerprint density at radius 1 is 1.25 bits per heavy atom. The van der Waals surface area contributed by atoms with Gasteiger partial charge in [-0.15, -0.1) is 0 Å². The Hall–Kier alpha value is -1.68. The van der Waals surface area contributed by atoms with Crippen LogP contribution in [0.3, 0.4) is 0 Å². The van der Waals surface area contributed by atoms with Gasteiger partial charge in [0.1, 0.15) is 5.75 Å². The van der Waals surface area contributed by atoms with E-state index in [2.05, 4.69) is 10.2 Å². The summed E-state index contributed by atoms with van der Waals surface area (Å²) in [6.45, 7) is 3.20. The summed E-state index contributed by atoms with van der Waals surface area (Å²) in [5.74, 6) is 0.827. The maximum atomic E-state index is 12.5. The third-order valence-corrected chi connectivity index (χ3v) is 6.51. The Morgan fingerprint density at radius 3 is 2.79 bits per heavy atom. The highest BCUT2D eigenvalue weighted by Crippen LogP contribution is 2.21. The minimum atomic E-state index is -3.26. The number of carbonyl (C=O) groups excluding carboxylic acids is 1. The summed E-state index contributed by atoms with van der Waals surface area (Å²) in [7, 11) is -1.62. The lowest BCUT2D eigenvalue weighted by Gasteiger charge is -2.29. The van der Waals surface area contributed by atoms with Crippen LogP contribution in [0.1, 0.15) is 5.56 Å². The first-order valence-electron chi connectivity index (χ1n) is 9.52. The Kier molecular flexibility index (Phi) is 6.92. The SMILES string of the molecule is COc1ccccc1CCNC(=O)CN1C[C@H]2COC[C@@H]1CN(S(C)(=O)=O)C2. The molecule has 2 aliphatic rings. The second-order valence-electron chi connectivity index (χ2n) is 7.48. The van der Waals surface area contributed by atoms with Crippen molar-refractivity contribution in [3.8, 4) is 5.75 Å². The lowest BCUT2D eigenvalue weighted by Crippen LogP contribution is -2.48. The van der Waals surface area contributed by atoms with Crippen molar-refractivity contribution in [1.82, 2.24) is 14.5 Å². The quantitative estimate of drug-likeness (QED) is 0.677. The van der Waals surface area contributed by atoms with Crippen molar-refractivity contribution in [1.29, 1.82) is 0 Å². The Balaban J connectivity index is 1.55. The van der Waals surface area contributed by atoms with Crippen LogP contribution in [0.15, 0.2) is 24.3 Å². The number of carbonyl (C=O) groups is 1. The number of nitrogens with one attached hydrogen (secondary N) is 1. The summed E-state index contributed by atoms with van der Waals surface area (Å²) in [4.78, 5) is 14.5. The zero-order chi connectivity index (χ0) is 20.1. The van der Waals surface area contributed by atoms with Gasteiger partial charge in [-0.3, -0.25) is 9.69 Å². The highest BCUT2D eigenvalue weighted by atomic mass is 32.2. The molecule has 0 aromatic heterocycles. The molecule has 2 atom stereocenters. The van der Waals surface area contributed by atoms with E-state index in [4.69, 9.17) is 9.47 Å². The minimum absolute atomic E-state index is 0.0617. The van der Waals surface area contributed by atoms with Gasteiger partial charge in [0.2, 0.25) is 15.9 Å². The summed E-state index contributed by atoms with van der Waals surface area (Å²) in [5, 5.41) is 2.96. The predicted octanol–water partition coefficient (Wildman–Crippen LogP) is -0.0539. The van der Waals surface area contributed by atoms with Gasteiger partial charge in [-0.2, -0.15) is 0 Å². The standard InChI is InChI=1S/C19H29N3O5S/c1-26-18-6-4-3-5-16(18)7-8-20-19(23)12-21-9-15-10-22(28(2,24)25)11-17(21)14-27-13-15/h3-6,15,17H,7-14H2,1-2H3,(H,20,23)/t15-,17+/m1/s1. The molecule has 0 aliphatic carbocycles. The topological polar surface area (TPSA) is 88.2 Å². The molecule has 28 heavy (non-hydrogen) atoms. The van der Waals surface area contributed by atoms with Crippen molar-refractivity contribution in [3.63, 3.8) is 0 Å².